The van der Waals surface area contributed by atoms with Crippen molar-refractivity contribution < 1.29 is 14.3 Å². The summed E-state index contributed by atoms with van der Waals surface area (Å²) in [6.07, 6.45) is 1.54. The molecule has 3 rings (SSSR count). The zero-order valence-electron chi connectivity index (χ0n) is 18.3. The number of anilines is 2. The molecular formula is C24H20BrN5O3. The van der Waals surface area contributed by atoms with Gasteiger partial charge in [-0.2, -0.15) is 15.5 Å². The van der Waals surface area contributed by atoms with Crippen molar-refractivity contribution in [2.24, 2.45) is 0 Å². The van der Waals surface area contributed by atoms with Crippen molar-refractivity contribution in [3.05, 3.63) is 69.3 Å². The first-order chi connectivity index (χ1) is 15.9. The van der Waals surface area contributed by atoms with Gasteiger partial charge in [0.15, 0.2) is 0 Å². The highest BCUT2D eigenvalue weighted by Gasteiger charge is 2.20. The monoisotopic (exact) mass is 505 g/mol. The van der Waals surface area contributed by atoms with Crippen LogP contribution in [0.15, 0.2) is 47.1 Å². The zero-order valence-corrected chi connectivity index (χ0v) is 19.9. The smallest absolute Gasteiger partial charge is 0.326 e. The summed E-state index contributed by atoms with van der Waals surface area (Å²) in [7, 11) is 0. The summed E-state index contributed by atoms with van der Waals surface area (Å²) in [4.78, 5) is 22.7. The van der Waals surface area contributed by atoms with Crippen LogP contribution in [0.2, 0.25) is 0 Å². The van der Waals surface area contributed by atoms with Crippen molar-refractivity contribution in [1.29, 1.82) is 10.5 Å². The molecule has 0 aliphatic rings. The van der Waals surface area contributed by atoms with E-state index in [2.05, 4.69) is 38.0 Å². The van der Waals surface area contributed by atoms with Gasteiger partial charge in [-0.15, -0.1) is 0 Å². The second-order valence-corrected chi connectivity index (χ2v) is 7.88. The number of hydrogen-bond donors (Lipinski definition) is 0. The Balaban J connectivity index is 2.02. The summed E-state index contributed by atoms with van der Waals surface area (Å²) in [5.41, 5.74) is 3.22. The highest BCUT2D eigenvalue weighted by Crippen LogP contribution is 2.34. The number of ether oxygens (including phenoxy) is 2. The van der Waals surface area contributed by atoms with Crippen LogP contribution in [-0.4, -0.2) is 29.1 Å². The number of esters is 1. The lowest BCUT2D eigenvalue weighted by Gasteiger charge is -2.22. The maximum atomic E-state index is 12.3. The minimum atomic E-state index is -0.449. The summed E-state index contributed by atoms with van der Waals surface area (Å²) >= 11 is 3.42. The van der Waals surface area contributed by atoms with Crippen LogP contribution in [-0.2, 0) is 9.53 Å². The van der Waals surface area contributed by atoms with E-state index in [-0.39, 0.29) is 25.0 Å². The Bertz CT molecular complexity index is 1240. The number of nitriles is 2. The fourth-order valence-corrected chi connectivity index (χ4v) is 3.42. The number of nitrogens with zero attached hydrogens (tertiary/aromatic N) is 5. The number of aromatic nitrogens is 2. The summed E-state index contributed by atoms with van der Waals surface area (Å²) < 4.78 is 11.7. The van der Waals surface area contributed by atoms with Gasteiger partial charge in [0.05, 0.1) is 40.5 Å². The van der Waals surface area contributed by atoms with E-state index in [0.29, 0.717) is 27.0 Å². The number of halogens is 1. The predicted molar refractivity (Wildman–Crippen MR) is 125 cm³/mol. The lowest BCUT2D eigenvalue weighted by atomic mass is 10.1. The van der Waals surface area contributed by atoms with E-state index in [4.69, 9.17) is 14.7 Å². The molecule has 1 heterocycles. The van der Waals surface area contributed by atoms with Crippen molar-refractivity contribution in [2.75, 3.05) is 18.1 Å². The van der Waals surface area contributed by atoms with E-state index in [9.17, 15) is 10.1 Å². The third kappa shape index (κ3) is 5.65. The molecule has 0 fully saturated rings. The van der Waals surface area contributed by atoms with E-state index in [1.54, 1.807) is 48.2 Å². The predicted octanol–water partition coefficient (Wildman–Crippen LogP) is 5.09. The van der Waals surface area contributed by atoms with Crippen LogP contribution in [0.4, 0.5) is 11.6 Å². The van der Waals surface area contributed by atoms with Gasteiger partial charge in [-0.05, 0) is 84.2 Å². The molecule has 8 nitrogen and oxygen atoms in total. The molecule has 0 saturated heterocycles. The third-order valence-electron chi connectivity index (χ3n) is 4.63. The normalized spacial score (nSPS) is 10.1. The quantitative estimate of drug-likeness (QED) is 0.407. The van der Waals surface area contributed by atoms with Gasteiger partial charge < -0.3 is 9.47 Å². The molecule has 0 saturated carbocycles. The van der Waals surface area contributed by atoms with Crippen molar-refractivity contribution >= 4 is 33.5 Å². The Morgan fingerprint density at radius 1 is 1.09 bits per heavy atom. The second-order valence-electron chi connectivity index (χ2n) is 7.03. The van der Waals surface area contributed by atoms with Crippen molar-refractivity contribution in [2.45, 2.75) is 20.8 Å². The van der Waals surface area contributed by atoms with E-state index < -0.39 is 5.97 Å². The standard InChI is InChI=1S/C24H20BrN5O3/c1-4-32-21(31)14-30(19-7-5-17(11-26)6-8-19)24-28-13-20(25)23(29-24)33-22-15(2)9-18(12-27)10-16(22)3/h5-10,13H,4,14H2,1-3H3. The zero-order chi connectivity index (χ0) is 24.0. The van der Waals surface area contributed by atoms with E-state index in [1.807, 2.05) is 13.8 Å². The molecule has 0 spiro atoms. The molecule has 0 amide bonds. The van der Waals surface area contributed by atoms with Gasteiger partial charge in [-0.25, -0.2) is 4.98 Å². The van der Waals surface area contributed by atoms with Crippen LogP contribution in [0.1, 0.15) is 29.2 Å². The minimum Gasteiger partial charge on any atom is -0.465 e. The fraction of sp³-hybridized carbons (Fsp3) is 0.208. The molecule has 166 valence electrons. The Hall–Kier alpha value is -3.95. The molecule has 33 heavy (non-hydrogen) atoms. The number of hydrogen-bond acceptors (Lipinski definition) is 8. The Kier molecular flexibility index (Phi) is 7.60. The van der Waals surface area contributed by atoms with E-state index in [1.165, 1.54) is 6.20 Å². The molecule has 0 aliphatic heterocycles. The minimum absolute atomic E-state index is 0.129. The number of carbonyl (C=O) groups excluding carboxylic acids is 1. The van der Waals surface area contributed by atoms with Gasteiger partial charge >= 0.3 is 5.97 Å². The number of aryl methyl sites for hydroxylation is 2. The number of carbonyl (C=O) groups is 1. The lowest BCUT2D eigenvalue weighted by molar-refractivity contribution is -0.141. The fourth-order valence-electron chi connectivity index (χ4n) is 3.15. The Morgan fingerprint density at radius 3 is 2.30 bits per heavy atom. The first-order valence-corrected chi connectivity index (χ1v) is 10.8. The highest BCUT2D eigenvalue weighted by molar-refractivity contribution is 9.10. The molecule has 0 N–H and O–H groups in total. The van der Waals surface area contributed by atoms with Gasteiger partial charge in [0.2, 0.25) is 11.8 Å². The van der Waals surface area contributed by atoms with Gasteiger partial charge in [0.1, 0.15) is 12.3 Å². The molecular weight excluding hydrogens is 486 g/mol. The molecule has 3 aromatic rings. The highest BCUT2D eigenvalue weighted by atomic mass is 79.9. The average Bonchev–Trinajstić information content (AvgIpc) is 2.81. The van der Waals surface area contributed by atoms with Crippen LogP contribution >= 0.6 is 15.9 Å². The van der Waals surface area contributed by atoms with E-state index in [0.717, 1.165) is 11.1 Å². The van der Waals surface area contributed by atoms with Gasteiger partial charge in [-0.1, -0.05) is 0 Å². The van der Waals surface area contributed by atoms with Gasteiger partial charge in [0, 0.05) is 5.69 Å². The SMILES string of the molecule is CCOC(=O)CN(c1ccc(C#N)cc1)c1ncc(Br)c(Oc2c(C)cc(C#N)cc2C)n1. The molecule has 0 atom stereocenters. The van der Waals surface area contributed by atoms with Gasteiger partial charge in [-0.3, -0.25) is 9.69 Å². The molecule has 2 aromatic carbocycles. The second kappa shape index (κ2) is 10.6. The molecule has 0 radical (unpaired) electrons. The maximum absolute atomic E-state index is 12.3. The Labute approximate surface area is 200 Å². The number of benzene rings is 2. The van der Waals surface area contributed by atoms with Gasteiger partial charge in [0.25, 0.3) is 0 Å². The van der Waals surface area contributed by atoms with Crippen LogP contribution < -0.4 is 9.64 Å². The molecule has 0 bridgehead atoms. The van der Waals surface area contributed by atoms with Crippen LogP contribution in [0.3, 0.4) is 0 Å². The van der Waals surface area contributed by atoms with Crippen LogP contribution in [0.25, 0.3) is 0 Å². The summed E-state index contributed by atoms with van der Waals surface area (Å²) in [6, 6.07) is 14.4. The molecule has 0 aliphatic carbocycles. The van der Waals surface area contributed by atoms with Crippen molar-refractivity contribution in [3.8, 4) is 23.8 Å². The summed E-state index contributed by atoms with van der Waals surface area (Å²) in [5, 5.41) is 18.3. The number of rotatable bonds is 7. The molecule has 0 unspecified atom stereocenters. The summed E-state index contributed by atoms with van der Waals surface area (Å²) in [6.45, 7) is 5.54. The van der Waals surface area contributed by atoms with Crippen molar-refractivity contribution in [3.63, 3.8) is 0 Å². The third-order valence-corrected chi connectivity index (χ3v) is 5.17. The molecule has 9 heteroatoms. The van der Waals surface area contributed by atoms with Crippen LogP contribution in [0.5, 0.6) is 11.6 Å². The summed E-state index contributed by atoms with van der Waals surface area (Å²) in [5.74, 6) is 0.595. The molecule has 1 aromatic heterocycles. The first-order valence-electron chi connectivity index (χ1n) is 10.0. The van der Waals surface area contributed by atoms with E-state index >= 15 is 0 Å². The average molecular weight is 506 g/mol. The lowest BCUT2D eigenvalue weighted by Crippen LogP contribution is -2.28. The van der Waals surface area contributed by atoms with Crippen LogP contribution in [0, 0.1) is 36.5 Å². The largest absolute Gasteiger partial charge is 0.465 e. The Morgan fingerprint density at radius 2 is 1.73 bits per heavy atom. The first kappa shape index (κ1) is 23.7. The maximum Gasteiger partial charge on any atom is 0.326 e. The van der Waals surface area contributed by atoms with Crippen molar-refractivity contribution in [1.82, 2.24) is 9.97 Å². The topological polar surface area (TPSA) is 112 Å².